The Hall–Kier alpha value is -3.25. The lowest BCUT2D eigenvalue weighted by molar-refractivity contribution is 0.0955. The van der Waals surface area contributed by atoms with Crippen LogP contribution in [0.5, 0.6) is 11.5 Å². The number of nitrogens with one attached hydrogen (secondary N) is 1. The van der Waals surface area contributed by atoms with Gasteiger partial charge < -0.3 is 14.0 Å². The number of hydrogen-bond acceptors (Lipinski definition) is 4. The van der Waals surface area contributed by atoms with E-state index in [9.17, 15) is 4.79 Å². The number of ether oxygens (including phenoxy) is 2. The van der Waals surface area contributed by atoms with E-state index in [1.165, 1.54) is 6.21 Å². The number of carbonyl (C=O) groups excluding carboxylic acids is 1. The molecule has 0 aliphatic rings. The molecule has 1 N–H and O–H groups in total. The van der Waals surface area contributed by atoms with Crippen LogP contribution in [0.15, 0.2) is 66.0 Å². The van der Waals surface area contributed by atoms with Crippen LogP contribution < -0.4 is 14.9 Å². The van der Waals surface area contributed by atoms with E-state index in [2.05, 4.69) is 10.5 Å². The van der Waals surface area contributed by atoms with E-state index in [4.69, 9.17) is 21.1 Å². The lowest BCUT2D eigenvalue weighted by Gasteiger charge is -2.17. The fourth-order valence-corrected chi connectivity index (χ4v) is 3.02. The highest BCUT2D eigenvalue weighted by Gasteiger charge is 2.14. The van der Waals surface area contributed by atoms with Crippen molar-refractivity contribution >= 4 is 23.7 Å². The zero-order valence-corrected chi connectivity index (χ0v) is 17.9. The first kappa shape index (κ1) is 21.5. The van der Waals surface area contributed by atoms with Crippen LogP contribution in [0, 0.1) is 0 Å². The van der Waals surface area contributed by atoms with E-state index in [1.807, 2.05) is 55.1 Å². The molecule has 7 heteroatoms. The van der Waals surface area contributed by atoms with E-state index in [0.29, 0.717) is 27.6 Å². The van der Waals surface area contributed by atoms with E-state index in [1.54, 1.807) is 31.4 Å². The van der Waals surface area contributed by atoms with Gasteiger partial charge in [-0.15, -0.1) is 0 Å². The molecule has 3 aromatic rings. The highest BCUT2D eigenvalue weighted by molar-refractivity contribution is 6.32. The molecule has 1 atom stereocenters. The molecule has 3 rings (SSSR count). The molecule has 156 valence electrons. The van der Waals surface area contributed by atoms with Crippen molar-refractivity contribution in [3.8, 4) is 17.2 Å². The summed E-state index contributed by atoms with van der Waals surface area (Å²) >= 11 is 6.36. The predicted octanol–water partition coefficient (Wildman–Crippen LogP) is 5.08. The van der Waals surface area contributed by atoms with Crippen molar-refractivity contribution in [1.29, 1.82) is 0 Å². The van der Waals surface area contributed by atoms with E-state index in [0.717, 1.165) is 12.1 Å². The molecule has 1 aromatic heterocycles. The molecule has 0 aliphatic carbocycles. The van der Waals surface area contributed by atoms with Crippen molar-refractivity contribution < 1.29 is 14.3 Å². The molecule has 0 unspecified atom stereocenters. The van der Waals surface area contributed by atoms with Gasteiger partial charge in [0.1, 0.15) is 0 Å². The molecule has 0 bridgehead atoms. The minimum Gasteiger partial charge on any atom is -0.493 e. The Morgan fingerprint density at radius 3 is 2.70 bits per heavy atom. The minimum atomic E-state index is -0.310. The molecule has 0 spiro atoms. The van der Waals surface area contributed by atoms with Gasteiger partial charge in [0.15, 0.2) is 11.5 Å². The first-order valence-electron chi connectivity index (χ1n) is 9.62. The molecule has 0 aliphatic heterocycles. The maximum atomic E-state index is 12.5. The Bertz CT molecular complexity index is 1030. The van der Waals surface area contributed by atoms with Gasteiger partial charge in [-0.05, 0) is 61.4 Å². The Labute approximate surface area is 181 Å². The fourth-order valence-electron chi connectivity index (χ4n) is 2.76. The van der Waals surface area contributed by atoms with E-state index < -0.39 is 0 Å². The number of nitrogens with zero attached hydrogens (tertiary/aromatic N) is 2. The molecular formula is C23H24ClN3O3. The standard InChI is InChI=1S/C23H24ClN3O3/c1-4-16(2)30-22-20(24)12-17(13-21(22)29-3)15-25-26-23(28)18-8-7-9-19(14-18)27-10-5-6-11-27/h5-16H,4H2,1-3H3,(H,26,28)/b25-15+/t16-/m1/s1. The lowest BCUT2D eigenvalue weighted by atomic mass is 10.2. The fraction of sp³-hybridized carbons (Fsp3) is 0.217. The summed E-state index contributed by atoms with van der Waals surface area (Å²) in [6.07, 6.45) is 6.20. The van der Waals surface area contributed by atoms with Gasteiger partial charge in [0.2, 0.25) is 0 Å². The number of aromatic nitrogens is 1. The van der Waals surface area contributed by atoms with Crippen molar-refractivity contribution in [3.05, 3.63) is 77.1 Å². The topological polar surface area (TPSA) is 64.8 Å². The lowest BCUT2D eigenvalue weighted by Crippen LogP contribution is -2.17. The SMILES string of the molecule is CC[C@@H](C)Oc1c(Cl)cc(/C=N/NC(=O)c2cccc(-n3cccc3)c2)cc1OC. The number of halogens is 1. The molecule has 1 heterocycles. The van der Waals surface area contributed by atoms with Gasteiger partial charge in [-0.25, -0.2) is 5.43 Å². The summed E-state index contributed by atoms with van der Waals surface area (Å²) in [7, 11) is 1.55. The summed E-state index contributed by atoms with van der Waals surface area (Å²) in [5.74, 6) is 0.696. The van der Waals surface area contributed by atoms with Crippen molar-refractivity contribution in [1.82, 2.24) is 9.99 Å². The number of amides is 1. The summed E-state index contributed by atoms with van der Waals surface area (Å²) < 4.78 is 13.2. The molecule has 0 fully saturated rings. The van der Waals surface area contributed by atoms with Gasteiger partial charge in [-0.2, -0.15) is 5.10 Å². The molecule has 6 nitrogen and oxygen atoms in total. The molecular weight excluding hydrogens is 402 g/mol. The number of carbonyl (C=O) groups is 1. The predicted molar refractivity (Wildman–Crippen MR) is 119 cm³/mol. The first-order chi connectivity index (χ1) is 14.5. The summed E-state index contributed by atoms with van der Waals surface area (Å²) in [5.41, 5.74) is 4.61. The Morgan fingerprint density at radius 1 is 1.23 bits per heavy atom. The average Bonchev–Trinajstić information content (AvgIpc) is 3.30. The summed E-state index contributed by atoms with van der Waals surface area (Å²) in [6.45, 7) is 3.99. The highest BCUT2D eigenvalue weighted by Crippen LogP contribution is 2.37. The number of hydrazone groups is 1. The Balaban J connectivity index is 1.71. The van der Waals surface area contributed by atoms with E-state index in [-0.39, 0.29) is 12.0 Å². The Kier molecular flexibility index (Phi) is 7.14. The molecule has 30 heavy (non-hydrogen) atoms. The van der Waals surface area contributed by atoms with Crippen molar-refractivity contribution in [2.24, 2.45) is 5.10 Å². The van der Waals surface area contributed by atoms with Crippen molar-refractivity contribution in [3.63, 3.8) is 0 Å². The second-order valence-corrected chi connectivity index (χ2v) is 7.12. The van der Waals surface area contributed by atoms with Gasteiger partial charge in [0.05, 0.1) is 24.5 Å². The summed E-state index contributed by atoms with van der Waals surface area (Å²) in [6, 6.07) is 14.6. The van der Waals surface area contributed by atoms with E-state index >= 15 is 0 Å². The van der Waals surface area contributed by atoms with Gasteiger partial charge in [0.25, 0.3) is 5.91 Å². The largest absolute Gasteiger partial charge is 0.493 e. The first-order valence-corrected chi connectivity index (χ1v) is 10.0. The third-order valence-corrected chi connectivity index (χ3v) is 4.82. The van der Waals surface area contributed by atoms with Crippen LogP contribution in [0.2, 0.25) is 5.02 Å². The summed E-state index contributed by atoms with van der Waals surface area (Å²) in [4.78, 5) is 12.5. The maximum Gasteiger partial charge on any atom is 0.271 e. The number of rotatable bonds is 8. The van der Waals surface area contributed by atoms with Gasteiger partial charge in [-0.1, -0.05) is 24.6 Å². The van der Waals surface area contributed by atoms with Gasteiger partial charge in [-0.3, -0.25) is 4.79 Å². The average molecular weight is 426 g/mol. The molecule has 0 saturated carbocycles. The number of methoxy groups -OCH3 is 1. The van der Waals surface area contributed by atoms with Crippen LogP contribution in [0.1, 0.15) is 36.2 Å². The zero-order chi connectivity index (χ0) is 21.5. The van der Waals surface area contributed by atoms with Crippen molar-refractivity contribution in [2.75, 3.05) is 7.11 Å². The van der Waals surface area contributed by atoms with Crippen LogP contribution in [-0.4, -0.2) is 29.9 Å². The molecule has 2 aromatic carbocycles. The normalized spacial score (nSPS) is 12.0. The Morgan fingerprint density at radius 2 is 2.00 bits per heavy atom. The minimum absolute atomic E-state index is 0.0116. The third-order valence-electron chi connectivity index (χ3n) is 4.54. The van der Waals surface area contributed by atoms with Crippen LogP contribution in [-0.2, 0) is 0 Å². The second kappa shape index (κ2) is 9.98. The highest BCUT2D eigenvalue weighted by atomic mass is 35.5. The molecule has 0 saturated heterocycles. The quantitative estimate of drug-likeness (QED) is 0.404. The smallest absolute Gasteiger partial charge is 0.271 e. The van der Waals surface area contributed by atoms with Crippen LogP contribution >= 0.6 is 11.6 Å². The monoisotopic (exact) mass is 425 g/mol. The summed E-state index contributed by atoms with van der Waals surface area (Å²) in [5, 5.41) is 4.47. The second-order valence-electron chi connectivity index (χ2n) is 6.71. The third kappa shape index (κ3) is 5.21. The van der Waals surface area contributed by atoms with Crippen LogP contribution in [0.4, 0.5) is 0 Å². The van der Waals surface area contributed by atoms with Crippen LogP contribution in [0.25, 0.3) is 5.69 Å². The number of hydrogen-bond donors (Lipinski definition) is 1. The molecule has 1 amide bonds. The van der Waals surface area contributed by atoms with Gasteiger partial charge in [0, 0.05) is 23.6 Å². The van der Waals surface area contributed by atoms with Crippen molar-refractivity contribution in [2.45, 2.75) is 26.4 Å². The number of benzene rings is 2. The van der Waals surface area contributed by atoms with Gasteiger partial charge >= 0.3 is 0 Å². The maximum absolute atomic E-state index is 12.5. The van der Waals surface area contributed by atoms with Crippen LogP contribution in [0.3, 0.4) is 0 Å². The zero-order valence-electron chi connectivity index (χ0n) is 17.1. The molecule has 0 radical (unpaired) electrons.